The lowest BCUT2D eigenvalue weighted by atomic mass is 9.78. The van der Waals surface area contributed by atoms with Crippen molar-refractivity contribution in [2.24, 2.45) is 11.8 Å². The molecule has 0 radical (unpaired) electrons. The molecule has 162 valence electrons. The summed E-state index contributed by atoms with van der Waals surface area (Å²) in [5.41, 5.74) is 0.781. The lowest BCUT2D eigenvalue weighted by Gasteiger charge is -2.35. The number of benzene rings is 1. The fraction of sp³-hybridized carbons (Fsp3) is 0.565. The highest BCUT2D eigenvalue weighted by Crippen LogP contribution is 2.29. The molecule has 1 aliphatic heterocycles. The third-order valence-electron chi connectivity index (χ3n) is 6.35. The van der Waals surface area contributed by atoms with Gasteiger partial charge in [0.05, 0.1) is 11.1 Å². The number of rotatable bonds is 7. The number of imide groups is 1. The van der Waals surface area contributed by atoms with E-state index in [-0.39, 0.29) is 43.1 Å². The van der Waals surface area contributed by atoms with Crippen LogP contribution in [0.4, 0.5) is 0 Å². The maximum Gasteiger partial charge on any atom is 0.306 e. The predicted octanol–water partition coefficient (Wildman–Crippen LogP) is 2.94. The predicted molar refractivity (Wildman–Crippen MR) is 111 cm³/mol. The van der Waals surface area contributed by atoms with Crippen LogP contribution in [0.1, 0.15) is 73.6 Å². The molecule has 4 atom stereocenters. The molecule has 3 rings (SSSR count). The minimum Gasteiger partial charge on any atom is -0.453 e. The molecule has 7 nitrogen and oxygen atoms in total. The molecule has 1 saturated carbocycles. The van der Waals surface area contributed by atoms with Gasteiger partial charge >= 0.3 is 5.97 Å². The highest BCUT2D eigenvalue weighted by Gasteiger charge is 2.35. The van der Waals surface area contributed by atoms with Gasteiger partial charge in [0.2, 0.25) is 0 Å². The van der Waals surface area contributed by atoms with E-state index < -0.39 is 12.1 Å². The first-order valence-electron chi connectivity index (χ1n) is 10.7. The summed E-state index contributed by atoms with van der Waals surface area (Å²) in [7, 11) is 0. The summed E-state index contributed by atoms with van der Waals surface area (Å²) >= 11 is 0. The number of nitrogens with zero attached hydrogens (tertiary/aromatic N) is 1. The van der Waals surface area contributed by atoms with Gasteiger partial charge in [-0.3, -0.25) is 24.1 Å². The Morgan fingerprint density at radius 1 is 1.13 bits per heavy atom. The molecule has 0 unspecified atom stereocenters. The average molecular weight is 415 g/mol. The van der Waals surface area contributed by atoms with Crippen molar-refractivity contribution in [2.45, 2.75) is 65.0 Å². The normalized spacial score (nSPS) is 24.4. The molecule has 1 aromatic carbocycles. The van der Waals surface area contributed by atoms with Crippen LogP contribution in [0.2, 0.25) is 0 Å². The number of esters is 1. The van der Waals surface area contributed by atoms with E-state index in [1.165, 1.54) is 6.42 Å². The molecule has 0 bridgehead atoms. The fourth-order valence-corrected chi connectivity index (χ4v) is 4.22. The topological polar surface area (TPSA) is 92.8 Å². The van der Waals surface area contributed by atoms with Gasteiger partial charge in [-0.2, -0.15) is 0 Å². The average Bonchev–Trinajstić information content (AvgIpc) is 2.96. The highest BCUT2D eigenvalue weighted by atomic mass is 16.5. The molecule has 1 heterocycles. The van der Waals surface area contributed by atoms with Gasteiger partial charge in [0.1, 0.15) is 0 Å². The summed E-state index contributed by atoms with van der Waals surface area (Å²) in [4.78, 5) is 50.3. The van der Waals surface area contributed by atoms with E-state index in [4.69, 9.17) is 4.74 Å². The van der Waals surface area contributed by atoms with Crippen LogP contribution in [0.15, 0.2) is 24.3 Å². The minimum atomic E-state index is -0.874. The van der Waals surface area contributed by atoms with Crippen LogP contribution in [-0.2, 0) is 14.3 Å². The number of carbonyl (C=O) groups excluding carboxylic acids is 4. The zero-order valence-electron chi connectivity index (χ0n) is 17.8. The second-order valence-corrected chi connectivity index (χ2v) is 8.43. The van der Waals surface area contributed by atoms with Crippen LogP contribution in [0, 0.1) is 11.8 Å². The molecule has 1 aliphatic carbocycles. The summed E-state index contributed by atoms with van der Waals surface area (Å²) in [6, 6.07) is 6.78. The van der Waals surface area contributed by atoms with Crippen LogP contribution in [-0.4, -0.2) is 47.3 Å². The molecule has 0 spiro atoms. The van der Waals surface area contributed by atoms with Crippen molar-refractivity contribution in [1.82, 2.24) is 10.2 Å². The van der Waals surface area contributed by atoms with E-state index in [1.54, 1.807) is 31.2 Å². The molecule has 1 aromatic rings. The van der Waals surface area contributed by atoms with Crippen molar-refractivity contribution < 1.29 is 23.9 Å². The van der Waals surface area contributed by atoms with Gasteiger partial charge in [-0.25, -0.2) is 0 Å². The Bertz CT molecular complexity index is 802. The summed E-state index contributed by atoms with van der Waals surface area (Å²) < 4.78 is 5.26. The van der Waals surface area contributed by atoms with Crippen molar-refractivity contribution in [3.63, 3.8) is 0 Å². The molecular weight excluding hydrogens is 384 g/mol. The first kappa shape index (κ1) is 22.0. The number of ether oxygens (including phenoxy) is 1. The van der Waals surface area contributed by atoms with Crippen LogP contribution >= 0.6 is 0 Å². The Morgan fingerprint density at radius 3 is 2.40 bits per heavy atom. The Kier molecular flexibility index (Phi) is 6.90. The van der Waals surface area contributed by atoms with Crippen molar-refractivity contribution in [3.8, 4) is 0 Å². The standard InChI is InChI=1S/C23H30N2O5/c1-14-8-6-11-19(15(14)2)24-21(27)16(3)30-20(26)12-7-13-25-22(28)17-9-4-5-10-18(17)23(25)29/h4-5,9-10,14-16,19H,6-8,11-13H2,1-3H3,(H,24,27)/t14-,15+,16+,19-/m0/s1. The largest absolute Gasteiger partial charge is 0.453 e. The van der Waals surface area contributed by atoms with E-state index >= 15 is 0 Å². The molecule has 2 aliphatic rings. The third-order valence-corrected chi connectivity index (χ3v) is 6.35. The Morgan fingerprint density at radius 2 is 1.77 bits per heavy atom. The van der Waals surface area contributed by atoms with Crippen molar-refractivity contribution in [3.05, 3.63) is 35.4 Å². The number of carbonyl (C=O) groups is 4. The molecule has 1 fully saturated rings. The van der Waals surface area contributed by atoms with Crippen molar-refractivity contribution in [2.75, 3.05) is 6.54 Å². The van der Waals surface area contributed by atoms with Crippen LogP contribution < -0.4 is 5.32 Å². The second kappa shape index (κ2) is 9.41. The van der Waals surface area contributed by atoms with Gasteiger partial charge in [-0.05, 0) is 43.7 Å². The van der Waals surface area contributed by atoms with Gasteiger partial charge in [-0.1, -0.05) is 38.8 Å². The maximum absolute atomic E-state index is 12.4. The van der Waals surface area contributed by atoms with Gasteiger partial charge in [0, 0.05) is 19.0 Å². The highest BCUT2D eigenvalue weighted by molar-refractivity contribution is 6.21. The van der Waals surface area contributed by atoms with E-state index in [1.807, 2.05) is 0 Å². The first-order valence-corrected chi connectivity index (χ1v) is 10.7. The Hall–Kier alpha value is -2.70. The zero-order valence-corrected chi connectivity index (χ0v) is 17.8. The first-order chi connectivity index (χ1) is 14.3. The summed E-state index contributed by atoms with van der Waals surface area (Å²) in [6.45, 7) is 6.04. The van der Waals surface area contributed by atoms with Crippen molar-refractivity contribution in [1.29, 1.82) is 0 Å². The van der Waals surface area contributed by atoms with E-state index in [0.29, 0.717) is 23.0 Å². The number of hydrogen-bond acceptors (Lipinski definition) is 5. The Labute approximate surface area is 177 Å². The fourth-order valence-electron chi connectivity index (χ4n) is 4.22. The SMILES string of the molecule is C[C@H]1[C@@H](NC(=O)[C@@H](C)OC(=O)CCCN2C(=O)c3ccccc3C2=O)CCC[C@@H]1C. The number of hydrogen-bond donors (Lipinski definition) is 1. The number of fused-ring (bicyclic) bond motifs is 1. The molecule has 7 heteroatoms. The molecule has 0 saturated heterocycles. The van der Waals surface area contributed by atoms with E-state index in [9.17, 15) is 19.2 Å². The summed E-state index contributed by atoms with van der Waals surface area (Å²) in [5.74, 6) is -0.525. The number of nitrogens with one attached hydrogen (secondary N) is 1. The lowest BCUT2D eigenvalue weighted by Crippen LogP contribution is -2.47. The smallest absolute Gasteiger partial charge is 0.306 e. The van der Waals surface area contributed by atoms with E-state index in [2.05, 4.69) is 19.2 Å². The van der Waals surface area contributed by atoms with Gasteiger partial charge < -0.3 is 10.1 Å². The molecule has 3 amide bonds. The van der Waals surface area contributed by atoms with E-state index in [0.717, 1.165) is 17.7 Å². The summed E-state index contributed by atoms with van der Waals surface area (Å²) in [6.07, 6.45) is 2.64. The monoisotopic (exact) mass is 414 g/mol. The van der Waals surface area contributed by atoms with Gasteiger partial charge in [0.15, 0.2) is 6.10 Å². The lowest BCUT2D eigenvalue weighted by molar-refractivity contribution is -0.155. The zero-order chi connectivity index (χ0) is 21.8. The second-order valence-electron chi connectivity index (χ2n) is 8.43. The van der Waals surface area contributed by atoms with Crippen LogP contribution in [0.5, 0.6) is 0 Å². The van der Waals surface area contributed by atoms with Gasteiger partial charge in [0.25, 0.3) is 17.7 Å². The summed E-state index contributed by atoms with van der Waals surface area (Å²) in [5, 5.41) is 3.01. The molecule has 1 N–H and O–H groups in total. The quantitative estimate of drug-likeness (QED) is 0.547. The van der Waals surface area contributed by atoms with Crippen LogP contribution in [0.25, 0.3) is 0 Å². The molecule has 0 aromatic heterocycles. The minimum absolute atomic E-state index is 0.0297. The third kappa shape index (κ3) is 4.71. The van der Waals surface area contributed by atoms with Crippen LogP contribution in [0.3, 0.4) is 0 Å². The van der Waals surface area contributed by atoms with Gasteiger partial charge in [-0.15, -0.1) is 0 Å². The van der Waals surface area contributed by atoms with Crippen molar-refractivity contribution >= 4 is 23.7 Å². The number of amides is 3. The maximum atomic E-state index is 12.4. The Balaban J connectivity index is 1.42. The molecule has 30 heavy (non-hydrogen) atoms. The molecular formula is C23H30N2O5.